The zero-order valence-corrected chi connectivity index (χ0v) is 16.9. The molecule has 4 rings (SSSR count). The first kappa shape index (κ1) is 19.4. The highest BCUT2D eigenvalue weighted by molar-refractivity contribution is 7.91. The molecule has 6 nitrogen and oxygen atoms in total. The number of hydrogen-bond acceptors (Lipinski definition) is 5. The zero-order valence-electron chi connectivity index (χ0n) is 16.1. The fraction of sp³-hybridized carbons (Fsp3) is 0.273. The SMILES string of the molecule is COc1ccc(-c2cc(C(=O)NCC3CCS(=O)(=O)C3)c3ccccc3n2)cc1. The topological polar surface area (TPSA) is 85.4 Å². The van der Waals surface area contributed by atoms with Gasteiger partial charge in [0.05, 0.1) is 35.4 Å². The molecular formula is C22H22N2O4S. The summed E-state index contributed by atoms with van der Waals surface area (Å²) in [5, 5.41) is 3.68. The van der Waals surface area contributed by atoms with Crippen LogP contribution in [-0.2, 0) is 9.84 Å². The van der Waals surface area contributed by atoms with Crippen molar-refractivity contribution >= 4 is 26.6 Å². The van der Waals surface area contributed by atoms with E-state index in [-0.39, 0.29) is 23.3 Å². The Kier molecular flexibility index (Phi) is 5.24. The van der Waals surface area contributed by atoms with Crippen LogP contribution in [0.3, 0.4) is 0 Å². The quantitative estimate of drug-likeness (QED) is 0.699. The van der Waals surface area contributed by atoms with E-state index >= 15 is 0 Å². The number of carbonyl (C=O) groups excluding carboxylic acids is 1. The van der Waals surface area contributed by atoms with E-state index in [1.807, 2.05) is 48.5 Å². The highest BCUT2D eigenvalue weighted by Gasteiger charge is 2.28. The lowest BCUT2D eigenvalue weighted by atomic mass is 10.0. The molecule has 0 bridgehead atoms. The third-order valence-corrected chi connectivity index (χ3v) is 7.06. The molecule has 1 aliphatic heterocycles. The molecule has 1 saturated heterocycles. The van der Waals surface area contributed by atoms with Gasteiger partial charge in [-0.3, -0.25) is 4.79 Å². The standard InChI is InChI=1S/C22H22N2O4S/c1-28-17-8-6-16(7-9-17)21-12-19(18-4-2-3-5-20(18)24-21)22(25)23-13-15-10-11-29(26,27)14-15/h2-9,12,15H,10-11,13-14H2,1H3,(H,23,25). The minimum atomic E-state index is -2.96. The molecule has 7 heteroatoms. The van der Waals surface area contributed by atoms with E-state index in [2.05, 4.69) is 5.32 Å². The van der Waals surface area contributed by atoms with Gasteiger partial charge in [0.25, 0.3) is 5.91 Å². The Hall–Kier alpha value is -2.93. The molecule has 1 fully saturated rings. The van der Waals surface area contributed by atoms with Crippen molar-refractivity contribution < 1.29 is 17.9 Å². The Labute approximate surface area is 169 Å². The second kappa shape index (κ2) is 7.83. The summed E-state index contributed by atoms with van der Waals surface area (Å²) in [6.07, 6.45) is 0.594. The van der Waals surface area contributed by atoms with Crippen LogP contribution >= 0.6 is 0 Å². The van der Waals surface area contributed by atoms with Crippen LogP contribution in [0.4, 0.5) is 0 Å². The van der Waals surface area contributed by atoms with Gasteiger partial charge in [-0.2, -0.15) is 0 Å². The van der Waals surface area contributed by atoms with Gasteiger partial charge in [-0.15, -0.1) is 0 Å². The molecule has 0 saturated carbocycles. The molecule has 3 aromatic rings. The van der Waals surface area contributed by atoms with Gasteiger partial charge in [-0.05, 0) is 48.7 Å². The first-order chi connectivity index (χ1) is 13.9. The van der Waals surface area contributed by atoms with E-state index in [4.69, 9.17) is 9.72 Å². The molecule has 0 radical (unpaired) electrons. The van der Waals surface area contributed by atoms with E-state index in [1.165, 1.54) is 0 Å². The molecular weight excluding hydrogens is 388 g/mol. The molecule has 1 atom stereocenters. The minimum absolute atomic E-state index is 0.0295. The fourth-order valence-corrected chi connectivity index (χ4v) is 5.50. The third-order valence-electron chi connectivity index (χ3n) is 5.22. The summed E-state index contributed by atoms with van der Waals surface area (Å²) in [6, 6.07) is 16.8. The molecule has 0 spiro atoms. The van der Waals surface area contributed by atoms with Crippen LogP contribution in [0.15, 0.2) is 54.6 Å². The molecule has 1 unspecified atom stereocenters. The minimum Gasteiger partial charge on any atom is -0.497 e. The van der Waals surface area contributed by atoms with E-state index in [1.54, 1.807) is 13.2 Å². The van der Waals surface area contributed by atoms with Crippen LogP contribution in [0.2, 0.25) is 0 Å². The summed E-state index contributed by atoms with van der Waals surface area (Å²) < 4.78 is 28.5. The number of amides is 1. The highest BCUT2D eigenvalue weighted by atomic mass is 32.2. The van der Waals surface area contributed by atoms with Gasteiger partial charge >= 0.3 is 0 Å². The van der Waals surface area contributed by atoms with E-state index < -0.39 is 9.84 Å². The number of hydrogen-bond donors (Lipinski definition) is 1. The Balaban J connectivity index is 1.64. The van der Waals surface area contributed by atoms with Crippen LogP contribution in [0.1, 0.15) is 16.8 Å². The Morgan fingerprint density at radius 3 is 2.62 bits per heavy atom. The van der Waals surface area contributed by atoms with Crippen LogP contribution in [-0.4, -0.2) is 44.5 Å². The van der Waals surface area contributed by atoms with Gasteiger partial charge < -0.3 is 10.1 Å². The van der Waals surface area contributed by atoms with E-state index in [0.29, 0.717) is 24.2 Å². The fourth-order valence-electron chi connectivity index (χ4n) is 3.64. The van der Waals surface area contributed by atoms with Gasteiger partial charge in [-0.25, -0.2) is 13.4 Å². The average molecular weight is 410 g/mol. The van der Waals surface area contributed by atoms with Crippen molar-refractivity contribution in [3.63, 3.8) is 0 Å². The van der Waals surface area contributed by atoms with Crippen molar-refractivity contribution in [1.29, 1.82) is 0 Å². The summed E-state index contributed by atoms with van der Waals surface area (Å²) >= 11 is 0. The molecule has 150 valence electrons. The summed E-state index contributed by atoms with van der Waals surface area (Å²) in [6.45, 7) is 0.354. The van der Waals surface area contributed by atoms with Crippen LogP contribution in [0.5, 0.6) is 5.75 Å². The number of methoxy groups -OCH3 is 1. The number of sulfone groups is 1. The molecule has 2 heterocycles. The van der Waals surface area contributed by atoms with E-state index in [0.717, 1.165) is 22.2 Å². The lowest BCUT2D eigenvalue weighted by Gasteiger charge is -2.13. The average Bonchev–Trinajstić information content (AvgIpc) is 3.10. The van der Waals surface area contributed by atoms with Crippen LogP contribution in [0, 0.1) is 5.92 Å². The third kappa shape index (κ3) is 4.24. The monoisotopic (exact) mass is 410 g/mol. The predicted molar refractivity (Wildman–Crippen MR) is 113 cm³/mol. The first-order valence-corrected chi connectivity index (χ1v) is 11.3. The number of aromatic nitrogens is 1. The predicted octanol–water partition coefficient (Wildman–Crippen LogP) is 3.07. The number of ether oxygens (including phenoxy) is 1. The lowest BCUT2D eigenvalue weighted by Crippen LogP contribution is -2.30. The number of benzene rings is 2. The van der Waals surface area contributed by atoms with Crippen molar-refractivity contribution in [1.82, 2.24) is 10.3 Å². The normalized spacial score (nSPS) is 17.9. The van der Waals surface area contributed by atoms with Gasteiger partial charge in [0, 0.05) is 17.5 Å². The van der Waals surface area contributed by atoms with Gasteiger partial charge in [0.1, 0.15) is 5.75 Å². The van der Waals surface area contributed by atoms with Crippen molar-refractivity contribution in [2.24, 2.45) is 5.92 Å². The van der Waals surface area contributed by atoms with Crippen molar-refractivity contribution in [3.05, 3.63) is 60.2 Å². The molecule has 1 aliphatic rings. The van der Waals surface area contributed by atoms with Gasteiger partial charge in [0.15, 0.2) is 9.84 Å². The van der Waals surface area contributed by atoms with E-state index in [9.17, 15) is 13.2 Å². The number of fused-ring (bicyclic) bond motifs is 1. The van der Waals surface area contributed by atoms with Crippen molar-refractivity contribution in [2.45, 2.75) is 6.42 Å². The van der Waals surface area contributed by atoms with Crippen LogP contribution < -0.4 is 10.1 Å². The number of nitrogens with one attached hydrogen (secondary N) is 1. The summed E-state index contributed by atoms with van der Waals surface area (Å²) in [7, 11) is -1.35. The molecule has 1 amide bonds. The number of rotatable bonds is 5. The largest absolute Gasteiger partial charge is 0.497 e. The summed E-state index contributed by atoms with van der Waals surface area (Å²) in [5.74, 6) is 0.842. The molecule has 0 aliphatic carbocycles. The maximum absolute atomic E-state index is 13.0. The molecule has 1 aromatic heterocycles. The second-order valence-electron chi connectivity index (χ2n) is 7.28. The zero-order chi connectivity index (χ0) is 20.4. The summed E-state index contributed by atoms with van der Waals surface area (Å²) in [5.41, 5.74) is 2.84. The number of para-hydroxylation sites is 1. The maximum atomic E-state index is 13.0. The number of pyridine rings is 1. The second-order valence-corrected chi connectivity index (χ2v) is 9.51. The first-order valence-electron chi connectivity index (χ1n) is 9.48. The van der Waals surface area contributed by atoms with Crippen LogP contribution in [0.25, 0.3) is 22.2 Å². The molecule has 29 heavy (non-hydrogen) atoms. The smallest absolute Gasteiger partial charge is 0.252 e. The Morgan fingerprint density at radius 1 is 1.17 bits per heavy atom. The van der Waals surface area contributed by atoms with Crippen molar-refractivity contribution in [2.75, 3.05) is 25.2 Å². The lowest BCUT2D eigenvalue weighted by molar-refractivity contribution is 0.0950. The highest BCUT2D eigenvalue weighted by Crippen LogP contribution is 2.26. The molecule has 1 N–H and O–H groups in total. The van der Waals surface area contributed by atoms with Gasteiger partial charge in [-0.1, -0.05) is 18.2 Å². The summed E-state index contributed by atoms with van der Waals surface area (Å²) in [4.78, 5) is 17.7. The number of carbonyl (C=O) groups is 1. The Bertz CT molecular complexity index is 1160. The Morgan fingerprint density at radius 2 is 1.93 bits per heavy atom. The maximum Gasteiger partial charge on any atom is 0.252 e. The number of nitrogens with zero attached hydrogens (tertiary/aromatic N) is 1. The van der Waals surface area contributed by atoms with Gasteiger partial charge in [0.2, 0.25) is 0 Å². The van der Waals surface area contributed by atoms with Crippen molar-refractivity contribution in [3.8, 4) is 17.0 Å². The molecule has 2 aromatic carbocycles.